The lowest BCUT2D eigenvalue weighted by Crippen LogP contribution is -2.03. The van der Waals surface area contributed by atoms with Crippen LogP contribution in [0.1, 0.15) is 28.3 Å². The fraction of sp³-hybridized carbons (Fsp3) is 0.294. The van der Waals surface area contributed by atoms with E-state index in [2.05, 4.69) is 54.5 Å². The molecule has 0 fully saturated rings. The molecule has 0 saturated carbocycles. The SMILES string of the molecule is Cc1ccc(C)c(-n2ncc(NCc3cc(C)no3)c2C)c1. The quantitative estimate of drug-likeness (QED) is 0.797. The molecule has 0 unspecified atom stereocenters. The first-order chi connectivity index (χ1) is 10.5. The third-order valence-corrected chi connectivity index (χ3v) is 3.73. The van der Waals surface area contributed by atoms with Gasteiger partial charge in [-0.1, -0.05) is 17.3 Å². The minimum absolute atomic E-state index is 0.597. The number of aromatic nitrogens is 3. The zero-order valence-electron chi connectivity index (χ0n) is 13.3. The maximum Gasteiger partial charge on any atom is 0.156 e. The van der Waals surface area contributed by atoms with E-state index >= 15 is 0 Å². The van der Waals surface area contributed by atoms with Gasteiger partial charge in [-0.15, -0.1) is 0 Å². The molecule has 22 heavy (non-hydrogen) atoms. The molecular weight excluding hydrogens is 276 g/mol. The summed E-state index contributed by atoms with van der Waals surface area (Å²) in [5.74, 6) is 0.816. The Morgan fingerprint density at radius 2 is 1.95 bits per heavy atom. The van der Waals surface area contributed by atoms with Crippen LogP contribution in [0.5, 0.6) is 0 Å². The van der Waals surface area contributed by atoms with E-state index in [1.807, 2.05) is 23.9 Å². The highest BCUT2D eigenvalue weighted by Gasteiger charge is 2.11. The third kappa shape index (κ3) is 2.74. The number of hydrogen-bond donors (Lipinski definition) is 1. The van der Waals surface area contributed by atoms with E-state index in [1.54, 1.807) is 0 Å². The molecule has 2 aromatic heterocycles. The second kappa shape index (κ2) is 5.67. The highest BCUT2D eigenvalue weighted by molar-refractivity contribution is 5.52. The van der Waals surface area contributed by atoms with E-state index in [9.17, 15) is 0 Å². The summed E-state index contributed by atoms with van der Waals surface area (Å²) >= 11 is 0. The van der Waals surface area contributed by atoms with Crippen LogP contribution in [0.2, 0.25) is 0 Å². The van der Waals surface area contributed by atoms with Crippen LogP contribution < -0.4 is 5.32 Å². The normalized spacial score (nSPS) is 10.9. The van der Waals surface area contributed by atoms with Crippen LogP contribution in [0.15, 0.2) is 35.0 Å². The van der Waals surface area contributed by atoms with Crippen LogP contribution in [-0.2, 0) is 6.54 Å². The Kier molecular flexibility index (Phi) is 3.71. The molecule has 3 aromatic rings. The number of hydrogen-bond acceptors (Lipinski definition) is 4. The molecule has 5 nitrogen and oxygen atoms in total. The molecule has 114 valence electrons. The van der Waals surface area contributed by atoms with Crippen molar-refractivity contribution in [1.29, 1.82) is 0 Å². The summed E-state index contributed by atoms with van der Waals surface area (Å²) in [6, 6.07) is 8.32. The number of rotatable bonds is 4. The smallest absolute Gasteiger partial charge is 0.156 e. The van der Waals surface area contributed by atoms with Crippen molar-refractivity contribution in [2.45, 2.75) is 34.2 Å². The lowest BCUT2D eigenvalue weighted by Gasteiger charge is -2.10. The summed E-state index contributed by atoms with van der Waals surface area (Å²) in [5.41, 5.74) is 6.50. The number of nitrogens with one attached hydrogen (secondary N) is 1. The molecule has 0 atom stereocenters. The van der Waals surface area contributed by atoms with Crippen molar-refractivity contribution < 1.29 is 4.52 Å². The zero-order valence-corrected chi connectivity index (χ0v) is 13.3. The van der Waals surface area contributed by atoms with Gasteiger partial charge in [0.2, 0.25) is 0 Å². The molecule has 0 aliphatic carbocycles. The molecule has 0 aliphatic heterocycles. The molecule has 0 saturated heterocycles. The van der Waals surface area contributed by atoms with Crippen molar-refractivity contribution in [2.24, 2.45) is 0 Å². The summed E-state index contributed by atoms with van der Waals surface area (Å²) in [4.78, 5) is 0. The van der Waals surface area contributed by atoms with Crippen LogP contribution in [0, 0.1) is 27.7 Å². The molecular formula is C17H20N4O. The number of anilines is 1. The van der Waals surface area contributed by atoms with Crippen LogP contribution >= 0.6 is 0 Å². The number of benzene rings is 1. The van der Waals surface area contributed by atoms with Gasteiger partial charge in [0.05, 0.1) is 35.5 Å². The first kappa shape index (κ1) is 14.4. The van der Waals surface area contributed by atoms with Gasteiger partial charge in [-0.25, -0.2) is 4.68 Å². The van der Waals surface area contributed by atoms with Gasteiger partial charge in [0.25, 0.3) is 0 Å². The Hall–Kier alpha value is -2.56. The van der Waals surface area contributed by atoms with Gasteiger partial charge in [-0.2, -0.15) is 5.10 Å². The zero-order chi connectivity index (χ0) is 15.7. The standard InChI is InChI=1S/C17H20N4O/c1-11-5-6-12(2)17(7-11)21-14(4)16(10-19-21)18-9-15-8-13(3)20-22-15/h5-8,10,18H,9H2,1-4H3. The molecule has 0 aliphatic rings. The maximum atomic E-state index is 5.21. The number of aryl methyl sites for hydroxylation is 3. The highest BCUT2D eigenvalue weighted by atomic mass is 16.5. The van der Waals surface area contributed by atoms with Crippen molar-refractivity contribution in [2.75, 3.05) is 5.32 Å². The van der Waals surface area contributed by atoms with E-state index in [-0.39, 0.29) is 0 Å². The molecule has 0 bridgehead atoms. The van der Waals surface area contributed by atoms with Crippen molar-refractivity contribution in [3.8, 4) is 5.69 Å². The van der Waals surface area contributed by atoms with Gasteiger partial charge in [0.1, 0.15) is 0 Å². The van der Waals surface area contributed by atoms with E-state index < -0.39 is 0 Å². The Labute approximate surface area is 129 Å². The van der Waals surface area contributed by atoms with Crippen LogP contribution in [0.4, 0.5) is 5.69 Å². The summed E-state index contributed by atoms with van der Waals surface area (Å²) in [7, 11) is 0. The molecule has 1 N–H and O–H groups in total. The van der Waals surface area contributed by atoms with Crippen LogP contribution in [0.25, 0.3) is 5.69 Å². The Bertz CT molecular complexity index is 801. The monoisotopic (exact) mass is 296 g/mol. The average Bonchev–Trinajstić information content (AvgIpc) is 3.06. The summed E-state index contributed by atoms with van der Waals surface area (Å²) in [6.07, 6.45) is 1.85. The molecule has 0 radical (unpaired) electrons. The van der Waals surface area contributed by atoms with Crippen LogP contribution in [-0.4, -0.2) is 14.9 Å². The highest BCUT2D eigenvalue weighted by Crippen LogP contribution is 2.22. The van der Waals surface area contributed by atoms with Gasteiger partial charge in [-0.05, 0) is 44.9 Å². The molecule has 2 heterocycles. The molecule has 0 amide bonds. The minimum atomic E-state index is 0.597. The molecule has 0 spiro atoms. The van der Waals surface area contributed by atoms with Gasteiger partial charge in [0, 0.05) is 6.07 Å². The molecule has 1 aromatic carbocycles. The largest absolute Gasteiger partial charge is 0.375 e. The summed E-state index contributed by atoms with van der Waals surface area (Å²) in [5, 5.41) is 11.8. The van der Waals surface area contributed by atoms with Crippen molar-refractivity contribution in [3.05, 3.63) is 58.7 Å². The Balaban J connectivity index is 1.84. The molecule has 3 rings (SSSR count). The lowest BCUT2D eigenvalue weighted by atomic mass is 10.1. The fourth-order valence-electron chi connectivity index (χ4n) is 2.46. The van der Waals surface area contributed by atoms with E-state index in [1.165, 1.54) is 11.1 Å². The second-order valence-corrected chi connectivity index (χ2v) is 5.63. The minimum Gasteiger partial charge on any atom is -0.375 e. The second-order valence-electron chi connectivity index (χ2n) is 5.63. The maximum absolute atomic E-state index is 5.21. The van der Waals surface area contributed by atoms with E-state index in [0.717, 1.165) is 28.5 Å². The van der Waals surface area contributed by atoms with Gasteiger partial charge in [-0.3, -0.25) is 0 Å². The van der Waals surface area contributed by atoms with Gasteiger partial charge < -0.3 is 9.84 Å². The topological polar surface area (TPSA) is 55.9 Å². The summed E-state index contributed by atoms with van der Waals surface area (Å²) in [6.45, 7) is 8.76. The first-order valence-electron chi connectivity index (χ1n) is 7.33. The van der Waals surface area contributed by atoms with E-state index in [4.69, 9.17) is 4.52 Å². The summed E-state index contributed by atoms with van der Waals surface area (Å²) < 4.78 is 7.18. The van der Waals surface area contributed by atoms with E-state index in [0.29, 0.717) is 6.54 Å². The molecule has 5 heteroatoms. The predicted molar refractivity (Wildman–Crippen MR) is 86.3 cm³/mol. The van der Waals surface area contributed by atoms with Crippen molar-refractivity contribution >= 4 is 5.69 Å². The Morgan fingerprint density at radius 3 is 2.68 bits per heavy atom. The Morgan fingerprint density at radius 1 is 1.14 bits per heavy atom. The fourth-order valence-corrected chi connectivity index (χ4v) is 2.46. The number of nitrogens with zero attached hydrogens (tertiary/aromatic N) is 3. The van der Waals surface area contributed by atoms with Crippen molar-refractivity contribution in [3.63, 3.8) is 0 Å². The lowest BCUT2D eigenvalue weighted by molar-refractivity contribution is 0.384. The average molecular weight is 296 g/mol. The first-order valence-corrected chi connectivity index (χ1v) is 7.33. The van der Waals surface area contributed by atoms with Gasteiger partial charge >= 0.3 is 0 Å². The third-order valence-electron chi connectivity index (χ3n) is 3.73. The van der Waals surface area contributed by atoms with Crippen LogP contribution in [0.3, 0.4) is 0 Å². The van der Waals surface area contributed by atoms with Crippen molar-refractivity contribution in [1.82, 2.24) is 14.9 Å². The predicted octanol–water partition coefficient (Wildman–Crippen LogP) is 3.71. The van der Waals surface area contributed by atoms with Gasteiger partial charge in [0.15, 0.2) is 5.76 Å².